The lowest BCUT2D eigenvalue weighted by atomic mass is 10.1. The Hall–Kier alpha value is -3.09. The first-order valence-corrected chi connectivity index (χ1v) is 7.93. The molecule has 1 fully saturated rings. The van der Waals surface area contributed by atoms with Gasteiger partial charge >= 0.3 is 0 Å². The third-order valence-electron chi connectivity index (χ3n) is 4.28. The smallest absolute Gasteiger partial charge is 0.276 e. The molecule has 3 heterocycles. The first-order valence-electron chi connectivity index (χ1n) is 7.93. The lowest BCUT2D eigenvalue weighted by Gasteiger charge is -2.18. The van der Waals surface area contributed by atoms with Gasteiger partial charge in [-0.3, -0.25) is 9.78 Å². The van der Waals surface area contributed by atoms with Crippen LogP contribution in [0.5, 0.6) is 0 Å². The molecule has 4 rings (SSSR count). The summed E-state index contributed by atoms with van der Waals surface area (Å²) >= 11 is 0. The second-order valence-corrected chi connectivity index (χ2v) is 6.01. The molecular formula is C18H15FN4O2. The second kappa shape index (κ2) is 6.08. The van der Waals surface area contributed by atoms with Crippen LogP contribution >= 0.6 is 0 Å². The fraction of sp³-hybridized carbons (Fsp3) is 0.222. The Kier molecular flexibility index (Phi) is 3.76. The standard InChI is InChI=1S/C18H15FN4O2/c1-11-5-6-13(19)9-15(11)23-10-12(8-16(23)24)17-21-18(25-22-17)14-4-2-3-7-20-14/h2-7,9,12H,8,10H2,1H3. The molecule has 0 aliphatic carbocycles. The van der Waals surface area contributed by atoms with Gasteiger partial charge in [-0.1, -0.05) is 17.3 Å². The van der Waals surface area contributed by atoms with Crippen LogP contribution in [0.25, 0.3) is 11.6 Å². The van der Waals surface area contributed by atoms with Gasteiger partial charge in [-0.05, 0) is 36.8 Å². The highest BCUT2D eigenvalue weighted by molar-refractivity contribution is 5.97. The summed E-state index contributed by atoms with van der Waals surface area (Å²) in [6, 6.07) is 9.84. The summed E-state index contributed by atoms with van der Waals surface area (Å²) in [5, 5.41) is 4.00. The number of anilines is 1. The van der Waals surface area contributed by atoms with Gasteiger partial charge in [-0.25, -0.2) is 4.39 Å². The fourth-order valence-electron chi connectivity index (χ4n) is 2.98. The number of pyridine rings is 1. The van der Waals surface area contributed by atoms with E-state index >= 15 is 0 Å². The molecule has 3 aromatic rings. The lowest BCUT2D eigenvalue weighted by molar-refractivity contribution is -0.117. The van der Waals surface area contributed by atoms with Gasteiger partial charge in [-0.2, -0.15) is 4.98 Å². The van der Waals surface area contributed by atoms with Crippen molar-refractivity contribution >= 4 is 11.6 Å². The van der Waals surface area contributed by atoms with Gasteiger partial charge in [0.05, 0.1) is 0 Å². The third kappa shape index (κ3) is 2.88. The predicted octanol–water partition coefficient (Wildman–Crippen LogP) is 3.10. The van der Waals surface area contributed by atoms with E-state index < -0.39 is 0 Å². The molecule has 0 radical (unpaired) electrons. The number of hydrogen-bond donors (Lipinski definition) is 0. The molecular weight excluding hydrogens is 323 g/mol. The number of hydrogen-bond acceptors (Lipinski definition) is 5. The number of carbonyl (C=O) groups excluding carboxylic acids is 1. The van der Waals surface area contributed by atoms with Crippen LogP contribution in [-0.4, -0.2) is 27.6 Å². The zero-order valence-electron chi connectivity index (χ0n) is 13.5. The van der Waals surface area contributed by atoms with Crippen LogP contribution in [0.3, 0.4) is 0 Å². The van der Waals surface area contributed by atoms with Crippen molar-refractivity contribution in [2.24, 2.45) is 0 Å². The lowest BCUT2D eigenvalue weighted by Crippen LogP contribution is -2.25. The van der Waals surface area contributed by atoms with Crippen molar-refractivity contribution in [3.63, 3.8) is 0 Å². The minimum atomic E-state index is -0.367. The zero-order valence-corrected chi connectivity index (χ0v) is 13.5. The van der Waals surface area contributed by atoms with Crippen LogP contribution < -0.4 is 4.90 Å². The Labute approximate surface area is 143 Å². The number of aryl methyl sites for hydroxylation is 1. The molecule has 0 saturated carbocycles. The third-order valence-corrected chi connectivity index (χ3v) is 4.28. The molecule has 126 valence electrons. The van der Waals surface area contributed by atoms with Crippen LogP contribution in [0.4, 0.5) is 10.1 Å². The SMILES string of the molecule is Cc1ccc(F)cc1N1CC(c2noc(-c3ccccn3)n2)CC1=O. The van der Waals surface area contributed by atoms with Crippen molar-refractivity contribution in [2.75, 3.05) is 11.4 Å². The van der Waals surface area contributed by atoms with E-state index in [-0.39, 0.29) is 24.1 Å². The molecule has 1 unspecified atom stereocenters. The van der Waals surface area contributed by atoms with Crippen molar-refractivity contribution in [3.05, 3.63) is 59.8 Å². The quantitative estimate of drug-likeness (QED) is 0.734. The summed E-state index contributed by atoms with van der Waals surface area (Å²) in [5.74, 6) is 0.141. The van der Waals surface area contributed by atoms with Crippen molar-refractivity contribution in [1.29, 1.82) is 0 Å². The number of rotatable bonds is 3. The van der Waals surface area contributed by atoms with Crippen molar-refractivity contribution in [1.82, 2.24) is 15.1 Å². The summed E-state index contributed by atoms with van der Waals surface area (Å²) in [5.41, 5.74) is 2.02. The molecule has 1 aliphatic rings. The predicted molar refractivity (Wildman–Crippen MR) is 88.4 cm³/mol. The van der Waals surface area contributed by atoms with Gasteiger partial charge in [0.2, 0.25) is 5.91 Å². The average molecular weight is 338 g/mol. The van der Waals surface area contributed by atoms with E-state index in [1.54, 1.807) is 29.3 Å². The summed E-state index contributed by atoms with van der Waals surface area (Å²) in [6.45, 7) is 2.24. The monoisotopic (exact) mass is 338 g/mol. The molecule has 0 N–H and O–H groups in total. The molecule has 7 heteroatoms. The average Bonchev–Trinajstić information content (AvgIpc) is 3.25. The van der Waals surface area contributed by atoms with E-state index in [0.29, 0.717) is 29.6 Å². The second-order valence-electron chi connectivity index (χ2n) is 6.01. The van der Waals surface area contributed by atoms with E-state index in [9.17, 15) is 9.18 Å². The molecule has 1 saturated heterocycles. The highest BCUT2D eigenvalue weighted by atomic mass is 19.1. The molecule has 1 aromatic carbocycles. The summed E-state index contributed by atoms with van der Waals surface area (Å²) in [4.78, 5) is 22.5. The van der Waals surface area contributed by atoms with Crippen molar-refractivity contribution in [2.45, 2.75) is 19.3 Å². The van der Waals surface area contributed by atoms with Crippen LogP contribution in [0.2, 0.25) is 0 Å². The van der Waals surface area contributed by atoms with Gasteiger partial charge < -0.3 is 9.42 Å². The maximum absolute atomic E-state index is 13.6. The molecule has 1 amide bonds. The zero-order chi connectivity index (χ0) is 17.4. The topological polar surface area (TPSA) is 72.1 Å². The van der Waals surface area contributed by atoms with Crippen molar-refractivity contribution < 1.29 is 13.7 Å². The maximum atomic E-state index is 13.6. The van der Waals surface area contributed by atoms with E-state index in [2.05, 4.69) is 15.1 Å². The van der Waals surface area contributed by atoms with Gasteiger partial charge in [0.15, 0.2) is 5.82 Å². The Bertz CT molecular complexity index is 926. The largest absolute Gasteiger partial charge is 0.332 e. The summed E-state index contributed by atoms with van der Waals surface area (Å²) < 4.78 is 18.8. The minimum absolute atomic E-state index is 0.0807. The highest BCUT2D eigenvalue weighted by Crippen LogP contribution is 2.33. The number of aromatic nitrogens is 3. The van der Waals surface area contributed by atoms with Crippen LogP contribution in [0.1, 0.15) is 23.7 Å². The maximum Gasteiger partial charge on any atom is 0.276 e. The van der Waals surface area contributed by atoms with Crippen LogP contribution in [-0.2, 0) is 4.79 Å². The first kappa shape index (κ1) is 15.4. The molecule has 25 heavy (non-hydrogen) atoms. The fourth-order valence-corrected chi connectivity index (χ4v) is 2.98. The summed E-state index contributed by atoms with van der Waals surface area (Å²) in [7, 11) is 0. The van der Waals surface area contributed by atoms with E-state index in [1.165, 1.54) is 12.1 Å². The van der Waals surface area contributed by atoms with Crippen LogP contribution in [0, 0.1) is 12.7 Å². The molecule has 1 aliphatic heterocycles. The molecule has 6 nitrogen and oxygen atoms in total. The van der Waals surface area contributed by atoms with Gasteiger partial charge in [0.25, 0.3) is 5.89 Å². The molecule has 1 atom stereocenters. The Balaban J connectivity index is 1.59. The Morgan fingerprint density at radius 3 is 2.96 bits per heavy atom. The van der Waals surface area contributed by atoms with E-state index in [4.69, 9.17) is 4.52 Å². The molecule has 0 spiro atoms. The minimum Gasteiger partial charge on any atom is -0.332 e. The number of benzene rings is 1. The number of amides is 1. The Morgan fingerprint density at radius 1 is 1.28 bits per heavy atom. The van der Waals surface area contributed by atoms with Gasteiger partial charge in [0.1, 0.15) is 11.5 Å². The molecule has 2 aromatic heterocycles. The molecule has 0 bridgehead atoms. The first-order chi connectivity index (χ1) is 12.1. The number of carbonyl (C=O) groups is 1. The van der Waals surface area contributed by atoms with E-state index in [1.807, 2.05) is 13.0 Å². The normalized spacial score (nSPS) is 17.3. The summed E-state index contributed by atoms with van der Waals surface area (Å²) in [6.07, 6.45) is 1.91. The highest BCUT2D eigenvalue weighted by Gasteiger charge is 2.35. The van der Waals surface area contributed by atoms with Crippen molar-refractivity contribution in [3.8, 4) is 11.6 Å². The Morgan fingerprint density at radius 2 is 2.16 bits per heavy atom. The van der Waals surface area contributed by atoms with Crippen LogP contribution in [0.15, 0.2) is 47.1 Å². The number of halogens is 1. The number of nitrogens with zero attached hydrogens (tertiary/aromatic N) is 4. The van der Waals surface area contributed by atoms with Gasteiger partial charge in [0, 0.05) is 30.8 Å². The van der Waals surface area contributed by atoms with E-state index in [0.717, 1.165) is 5.56 Å². The van der Waals surface area contributed by atoms with Gasteiger partial charge in [-0.15, -0.1) is 0 Å².